The summed E-state index contributed by atoms with van der Waals surface area (Å²) < 4.78 is 32.9. The molecule has 1 saturated heterocycles. The molecule has 2 heterocycles. The van der Waals surface area contributed by atoms with Gasteiger partial charge in [0.1, 0.15) is 23.1 Å². The number of aromatic nitrogens is 1. The molecule has 1 aliphatic carbocycles. The number of aliphatic hydroxyl groups is 1. The van der Waals surface area contributed by atoms with Gasteiger partial charge < -0.3 is 9.63 Å². The van der Waals surface area contributed by atoms with Crippen molar-refractivity contribution in [3.63, 3.8) is 0 Å². The summed E-state index contributed by atoms with van der Waals surface area (Å²) in [6.07, 6.45) is 3.95. The van der Waals surface area contributed by atoms with Crippen LogP contribution in [0.4, 0.5) is 8.78 Å². The predicted molar refractivity (Wildman–Crippen MR) is 156 cm³/mol. The third-order valence-electron chi connectivity index (χ3n) is 9.16. The number of carbonyl (C=O) groups is 2. The molecule has 0 bridgehead atoms. The first-order valence-electron chi connectivity index (χ1n) is 14.7. The smallest absolute Gasteiger partial charge is 0.185 e. The van der Waals surface area contributed by atoms with Crippen molar-refractivity contribution in [3.8, 4) is 11.3 Å². The van der Waals surface area contributed by atoms with Crippen LogP contribution in [0.3, 0.4) is 0 Å². The van der Waals surface area contributed by atoms with Gasteiger partial charge >= 0.3 is 0 Å². The molecule has 1 saturated carbocycles. The number of rotatable bonds is 10. The Morgan fingerprint density at radius 2 is 1.79 bits per heavy atom. The van der Waals surface area contributed by atoms with E-state index in [1.165, 1.54) is 12.1 Å². The summed E-state index contributed by atoms with van der Waals surface area (Å²) in [6.45, 7) is 9.28. The molecule has 6 nitrogen and oxygen atoms in total. The maximum absolute atomic E-state index is 14.3. The minimum atomic E-state index is -0.801. The van der Waals surface area contributed by atoms with E-state index in [1.54, 1.807) is 0 Å². The lowest BCUT2D eigenvalue weighted by molar-refractivity contribution is -0.128. The van der Waals surface area contributed by atoms with Crippen molar-refractivity contribution >= 4 is 11.6 Å². The second kappa shape index (κ2) is 11.5. The summed E-state index contributed by atoms with van der Waals surface area (Å²) in [7, 11) is 0. The van der Waals surface area contributed by atoms with E-state index in [-0.39, 0.29) is 46.8 Å². The molecular weight excluding hydrogens is 538 g/mol. The zero-order chi connectivity index (χ0) is 30.3. The van der Waals surface area contributed by atoms with Crippen LogP contribution in [0, 0.1) is 24.0 Å². The summed E-state index contributed by atoms with van der Waals surface area (Å²) in [5.41, 5.74) is 0.795. The van der Waals surface area contributed by atoms with E-state index in [1.807, 2.05) is 26.0 Å². The maximum Gasteiger partial charge on any atom is 0.185 e. The Balaban J connectivity index is 1.31. The first-order valence-corrected chi connectivity index (χ1v) is 14.7. The molecule has 8 heteroatoms. The molecule has 2 aromatic carbocycles. The monoisotopic (exact) mass is 578 g/mol. The zero-order valence-electron chi connectivity index (χ0n) is 24.9. The van der Waals surface area contributed by atoms with E-state index in [0.717, 1.165) is 48.9 Å². The third kappa shape index (κ3) is 6.70. The van der Waals surface area contributed by atoms with Crippen LogP contribution in [-0.4, -0.2) is 51.5 Å². The average molecular weight is 579 g/mol. The van der Waals surface area contributed by atoms with Crippen molar-refractivity contribution in [2.75, 3.05) is 13.1 Å². The second-order valence-electron chi connectivity index (χ2n) is 13.6. The number of ketones is 2. The van der Waals surface area contributed by atoms with Gasteiger partial charge in [0.05, 0.1) is 11.2 Å². The molecule has 1 N–H and O–H groups in total. The Labute approximate surface area is 246 Å². The van der Waals surface area contributed by atoms with Crippen LogP contribution in [-0.2, 0) is 10.2 Å². The van der Waals surface area contributed by atoms with Crippen LogP contribution in [0.25, 0.3) is 11.3 Å². The molecule has 0 radical (unpaired) electrons. The standard InChI is InChI=1S/C34H40F2N2O4/c1-22-6-5-7-23(14-22)32(2,3)17-26(39)18-34(20-38(21-34)25-10-12-33(4,41)13-11-25)19-30(40)29-16-31(42-37-29)27-9-8-24(35)15-28(27)36/h5-9,14-16,25,41H,10-13,17-21H2,1-4H3. The minimum Gasteiger partial charge on any atom is -0.390 e. The quantitative estimate of drug-likeness (QED) is 0.266. The average Bonchev–Trinajstić information content (AvgIpc) is 3.37. The maximum atomic E-state index is 14.3. The highest BCUT2D eigenvalue weighted by molar-refractivity contribution is 5.96. The summed E-state index contributed by atoms with van der Waals surface area (Å²) in [5, 5.41) is 14.3. The number of hydrogen-bond acceptors (Lipinski definition) is 6. The summed E-state index contributed by atoms with van der Waals surface area (Å²) in [4.78, 5) is 29.4. The molecule has 1 aromatic heterocycles. The van der Waals surface area contributed by atoms with Crippen molar-refractivity contribution < 1.29 is 28.0 Å². The second-order valence-corrected chi connectivity index (χ2v) is 13.6. The molecular formula is C34H40F2N2O4. The molecule has 224 valence electrons. The molecule has 0 spiro atoms. The SMILES string of the molecule is Cc1cccc(C(C)(C)CC(=O)CC2(CC(=O)c3cc(-c4ccc(F)cc4F)on3)CN(C3CCC(C)(O)CC3)C2)c1. The summed E-state index contributed by atoms with van der Waals surface area (Å²) in [6, 6.07) is 13.0. The molecule has 5 rings (SSSR count). The van der Waals surface area contributed by atoms with Gasteiger partial charge in [0.2, 0.25) is 0 Å². The highest BCUT2D eigenvalue weighted by Gasteiger charge is 2.49. The molecule has 2 fully saturated rings. The van der Waals surface area contributed by atoms with Crippen molar-refractivity contribution in [2.24, 2.45) is 5.41 Å². The lowest BCUT2D eigenvalue weighted by atomic mass is 9.68. The predicted octanol–water partition coefficient (Wildman–Crippen LogP) is 6.82. The van der Waals surface area contributed by atoms with E-state index in [4.69, 9.17) is 4.52 Å². The van der Waals surface area contributed by atoms with Crippen molar-refractivity contribution in [2.45, 2.75) is 89.7 Å². The molecule has 42 heavy (non-hydrogen) atoms. The van der Waals surface area contributed by atoms with Crippen molar-refractivity contribution in [3.05, 3.63) is 77.0 Å². The lowest BCUT2D eigenvalue weighted by Gasteiger charge is -2.55. The van der Waals surface area contributed by atoms with E-state index in [2.05, 4.69) is 36.0 Å². The highest BCUT2D eigenvalue weighted by atomic mass is 19.1. The first kappa shape index (κ1) is 30.2. The van der Waals surface area contributed by atoms with Crippen LogP contribution < -0.4 is 0 Å². The van der Waals surface area contributed by atoms with E-state index in [9.17, 15) is 23.5 Å². The number of likely N-dealkylation sites (tertiary alicyclic amines) is 1. The fourth-order valence-electron chi connectivity index (χ4n) is 6.75. The number of carbonyl (C=O) groups excluding carboxylic acids is 2. The van der Waals surface area contributed by atoms with Gasteiger partial charge in [0, 0.05) is 55.9 Å². The Morgan fingerprint density at radius 3 is 2.45 bits per heavy atom. The Bertz CT molecular complexity index is 1460. The molecule has 0 amide bonds. The van der Waals surface area contributed by atoms with Crippen LogP contribution in [0.1, 0.15) is 87.3 Å². The normalized spacial score (nSPS) is 22.5. The van der Waals surface area contributed by atoms with E-state index >= 15 is 0 Å². The molecule has 2 aliphatic rings. The molecule has 3 aromatic rings. The fourth-order valence-corrected chi connectivity index (χ4v) is 6.75. The van der Waals surface area contributed by atoms with Crippen LogP contribution >= 0.6 is 0 Å². The van der Waals surface area contributed by atoms with Gasteiger partial charge in [0.25, 0.3) is 0 Å². The van der Waals surface area contributed by atoms with Gasteiger partial charge in [-0.15, -0.1) is 0 Å². The summed E-state index contributed by atoms with van der Waals surface area (Å²) >= 11 is 0. The first-order chi connectivity index (χ1) is 19.7. The topological polar surface area (TPSA) is 83.6 Å². The van der Waals surface area contributed by atoms with Gasteiger partial charge in [-0.2, -0.15) is 0 Å². The number of benzene rings is 2. The van der Waals surface area contributed by atoms with Crippen molar-refractivity contribution in [1.29, 1.82) is 0 Å². The van der Waals surface area contributed by atoms with Crippen LogP contribution in [0.5, 0.6) is 0 Å². The number of nitrogens with zero attached hydrogens (tertiary/aromatic N) is 2. The molecule has 1 aliphatic heterocycles. The lowest BCUT2D eigenvalue weighted by Crippen LogP contribution is -2.62. The van der Waals surface area contributed by atoms with Crippen LogP contribution in [0.2, 0.25) is 0 Å². The summed E-state index contributed by atoms with van der Waals surface area (Å²) in [5.74, 6) is -1.63. The highest BCUT2D eigenvalue weighted by Crippen LogP contribution is 2.44. The molecule has 0 atom stereocenters. The Morgan fingerprint density at radius 1 is 1.07 bits per heavy atom. The minimum absolute atomic E-state index is 0.0224. The van der Waals surface area contributed by atoms with E-state index in [0.29, 0.717) is 25.6 Å². The van der Waals surface area contributed by atoms with Gasteiger partial charge in [-0.05, 0) is 62.6 Å². The number of Topliss-reactive ketones (excluding diaryl/α,β-unsaturated/α-hetero) is 2. The Hall–Kier alpha value is -3.23. The van der Waals surface area contributed by atoms with Crippen LogP contribution in [0.15, 0.2) is 53.1 Å². The fraction of sp³-hybridized carbons (Fsp3) is 0.500. The number of hydrogen-bond donors (Lipinski definition) is 1. The van der Waals surface area contributed by atoms with Gasteiger partial charge in [-0.3, -0.25) is 14.5 Å². The molecule has 0 unspecified atom stereocenters. The third-order valence-corrected chi connectivity index (χ3v) is 9.16. The largest absolute Gasteiger partial charge is 0.390 e. The zero-order valence-corrected chi connectivity index (χ0v) is 24.9. The van der Waals surface area contributed by atoms with Gasteiger partial charge in [-0.25, -0.2) is 8.78 Å². The Kier molecular flexibility index (Phi) is 8.25. The number of aryl methyl sites for hydroxylation is 1. The van der Waals surface area contributed by atoms with Crippen molar-refractivity contribution in [1.82, 2.24) is 10.1 Å². The van der Waals surface area contributed by atoms with Gasteiger partial charge in [0.15, 0.2) is 11.5 Å². The van der Waals surface area contributed by atoms with Gasteiger partial charge in [-0.1, -0.05) is 48.8 Å². The van der Waals surface area contributed by atoms with E-state index < -0.39 is 22.7 Å². The number of halogens is 2.